The summed E-state index contributed by atoms with van der Waals surface area (Å²) in [4.78, 5) is 29.0. The summed E-state index contributed by atoms with van der Waals surface area (Å²) in [6.45, 7) is 5.45. The predicted octanol–water partition coefficient (Wildman–Crippen LogP) is 1.47. The number of ether oxygens (including phenoxy) is 2. The van der Waals surface area contributed by atoms with Gasteiger partial charge in [-0.1, -0.05) is 11.6 Å². The highest BCUT2D eigenvalue weighted by Crippen LogP contribution is 2.33. The molecule has 0 radical (unpaired) electrons. The van der Waals surface area contributed by atoms with Gasteiger partial charge in [0.15, 0.2) is 24.0 Å². The van der Waals surface area contributed by atoms with Crippen molar-refractivity contribution in [1.82, 2.24) is 15.5 Å². The molecule has 0 spiro atoms. The van der Waals surface area contributed by atoms with E-state index >= 15 is 0 Å². The van der Waals surface area contributed by atoms with Crippen LogP contribution in [0.4, 0.5) is 10.1 Å². The Morgan fingerprint density at radius 3 is 2.87 bits per heavy atom. The van der Waals surface area contributed by atoms with Crippen molar-refractivity contribution in [3.63, 3.8) is 0 Å². The van der Waals surface area contributed by atoms with E-state index in [0.717, 1.165) is 5.69 Å². The van der Waals surface area contributed by atoms with Gasteiger partial charge in [0.1, 0.15) is 0 Å². The van der Waals surface area contributed by atoms with Crippen LogP contribution in [0.1, 0.15) is 26.7 Å². The molecule has 0 aliphatic carbocycles. The maximum absolute atomic E-state index is 14.0. The van der Waals surface area contributed by atoms with Gasteiger partial charge in [-0.15, -0.1) is 0 Å². The zero-order valence-electron chi connectivity index (χ0n) is 17.2. The van der Waals surface area contributed by atoms with Crippen molar-refractivity contribution < 1.29 is 23.5 Å². The number of halogens is 2. The maximum atomic E-state index is 14.0. The fourth-order valence-electron chi connectivity index (χ4n) is 4.13. The first kappa shape index (κ1) is 21.1. The number of rotatable bonds is 5. The normalized spacial score (nSPS) is 30.6. The number of carbonyl (C=O) groups is 2. The van der Waals surface area contributed by atoms with Gasteiger partial charge in [-0.05, 0) is 26.3 Å². The van der Waals surface area contributed by atoms with Crippen molar-refractivity contribution in [3.05, 3.63) is 23.0 Å². The van der Waals surface area contributed by atoms with Gasteiger partial charge in [0.2, 0.25) is 11.8 Å². The predicted molar refractivity (Wildman–Crippen MR) is 109 cm³/mol. The number of anilines is 1. The van der Waals surface area contributed by atoms with E-state index in [4.69, 9.17) is 21.1 Å². The van der Waals surface area contributed by atoms with Crippen LogP contribution < -0.4 is 20.3 Å². The standard InChI is InChI=1S/C20H26ClFN4O4/c1-11-10-25(6-7-26(11)12-8-13(21)16(22)14(9-12)29-3)15(27)4-5-20(2)19(28)23-17-18(24-20)30-17/h8-9,11,17-18,24H,4-7,10H2,1-3H3,(H,23,28)/t11-,17?,18?,20+/m0/s1. The Morgan fingerprint density at radius 2 is 2.17 bits per heavy atom. The van der Waals surface area contributed by atoms with Gasteiger partial charge in [0.25, 0.3) is 0 Å². The molecule has 2 unspecified atom stereocenters. The molecule has 3 aliphatic rings. The zero-order valence-corrected chi connectivity index (χ0v) is 18.0. The van der Waals surface area contributed by atoms with E-state index in [0.29, 0.717) is 26.1 Å². The average molecular weight is 441 g/mol. The molecule has 0 saturated carbocycles. The minimum atomic E-state index is -0.817. The molecule has 8 nitrogen and oxygen atoms in total. The highest BCUT2D eigenvalue weighted by Gasteiger charge is 2.53. The van der Waals surface area contributed by atoms with Crippen molar-refractivity contribution in [1.29, 1.82) is 0 Å². The van der Waals surface area contributed by atoms with Gasteiger partial charge in [0, 0.05) is 43.9 Å². The van der Waals surface area contributed by atoms with E-state index in [1.54, 1.807) is 19.1 Å². The number of amides is 2. The number of nitrogens with zero attached hydrogens (tertiary/aromatic N) is 2. The van der Waals surface area contributed by atoms with Crippen molar-refractivity contribution in [2.45, 2.75) is 50.7 Å². The first-order chi connectivity index (χ1) is 14.2. The Balaban J connectivity index is 1.35. The van der Waals surface area contributed by atoms with E-state index in [2.05, 4.69) is 15.5 Å². The zero-order chi connectivity index (χ0) is 21.6. The van der Waals surface area contributed by atoms with E-state index < -0.39 is 11.4 Å². The molecule has 10 heteroatoms. The third-order valence-electron chi connectivity index (χ3n) is 6.08. The van der Waals surface area contributed by atoms with Crippen molar-refractivity contribution in [3.8, 4) is 5.75 Å². The Morgan fingerprint density at radius 1 is 1.40 bits per heavy atom. The molecular weight excluding hydrogens is 415 g/mol. The van der Waals surface area contributed by atoms with Gasteiger partial charge >= 0.3 is 0 Å². The van der Waals surface area contributed by atoms with Gasteiger partial charge in [0.05, 0.1) is 17.7 Å². The summed E-state index contributed by atoms with van der Waals surface area (Å²) in [6, 6.07) is 3.21. The lowest BCUT2D eigenvalue weighted by Gasteiger charge is -2.42. The van der Waals surface area contributed by atoms with E-state index in [9.17, 15) is 14.0 Å². The Bertz CT molecular complexity index is 871. The van der Waals surface area contributed by atoms with Crippen LogP contribution >= 0.6 is 11.6 Å². The number of carbonyl (C=O) groups excluding carboxylic acids is 2. The van der Waals surface area contributed by atoms with Crippen LogP contribution in [0.5, 0.6) is 5.75 Å². The summed E-state index contributed by atoms with van der Waals surface area (Å²) >= 11 is 6.00. The lowest BCUT2D eigenvalue weighted by Crippen LogP contribution is -2.62. The lowest BCUT2D eigenvalue weighted by atomic mass is 9.92. The molecule has 3 saturated heterocycles. The van der Waals surface area contributed by atoms with E-state index in [1.165, 1.54) is 7.11 Å². The molecule has 0 aromatic heterocycles. The number of benzene rings is 1. The molecule has 0 bridgehead atoms. The second kappa shape index (κ2) is 7.86. The molecule has 3 heterocycles. The summed E-state index contributed by atoms with van der Waals surface area (Å²) in [6.07, 6.45) is 0.251. The molecule has 4 atom stereocenters. The summed E-state index contributed by atoms with van der Waals surface area (Å²) < 4.78 is 24.3. The van der Waals surface area contributed by atoms with Crippen molar-refractivity contribution in [2.75, 3.05) is 31.6 Å². The first-order valence-electron chi connectivity index (χ1n) is 10.0. The second-order valence-corrected chi connectivity index (χ2v) is 8.66. The molecular formula is C20H26ClFN4O4. The second-order valence-electron chi connectivity index (χ2n) is 8.25. The number of methoxy groups -OCH3 is 1. The summed E-state index contributed by atoms with van der Waals surface area (Å²) in [5.74, 6) is -0.627. The van der Waals surface area contributed by atoms with Crippen LogP contribution in [0.3, 0.4) is 0 Å². The van der Waals surface area contributed by atoms with E-state index in [-0.39, 0.29) is 47.5 Å². The quantitative estimate of drug-likeness (QED) is 0.674. The molecule has 164 valence electrons. The smallest absolute Gasteiger partial charge is 0.242 e. The van der Waals surface area contributed by atoms with Crippen molar-refractivity contribution in [2.24, 2.45) is 0 Å². The average Bonchev–Trinajstić information content (AvgIpc) is 3.45. The summed E-state index contributed by atoms with van der Waals surface area (Å²) in [5.41, 5.74) is -0.0604. The van der Waals surface area contributed by atoms with Crippen LogP contribution in [-0.4, -0.2) is 67.5 Å². The maximum Gasteiger partial charge on any atom is 0.242 e. The topological polar surface area (TPSA) is 86.4 Å². The number of hydrogen-bond donors (Lipinski definition) is 2. The van der Waals surface area contributed by atoms with Crippen LogP contribution in [0.25, 0.3) is 0 Å². The number of fused-ring (bicyclic) bond motifs is 1. The van der Waals surface area contributed by atoms with Gasteiger partial charge < -0.3 is 24.6 Å². The molecule has 30 heavy (non-hydrogen) atoms. The summed E-state index contributed by atoms with van der Waals surface area (Å²) in [7, 11) is 1.40. The largest absolute Gasteiger partial charge is 0.494 e. The number of piperazine rings is 2. The van der Waals surface area contributed by atoms with Gasteiger partial charge in [-0.25, -0.2) is 4.39 Å². The number of hydrogen-bond acceptors (Lipinski definition) is 6. The summed E-state index contributed by atoms with van der Waals surface area (Å²) in [5, 5.41) is 5.96. The van der Waals surface area contributed by atoms with Crippen LogP contribution in [-0.2, 0) is 14.3 Å². The molecule has 1 aromatic carbocycles. The van der Waals surface area contributed by atoms with Gasteiger partial charge in [-0.3, -0.25) is 14.9 Å². The fraction of sp³-hybridized carbons (Fsp3) is 0.600. The molecule has 3 aliphatic heterocycles. The molecule has 2 N–H and O–H groups in total. The van der Waals surface area contributed by atoms with E-state index in [1.807, 2.05) is 11.8 Å². The lowest BCUT2D eigenvalue weighted by molar-refractivity contribution is -0.133. The minimum Gasteiger partial charge on any atom is -0.494 e. The fourth-order valence-corrected chi connectivity index (χ4v) is 4.34. The molecule has 3 fully saturated rings. The SMILES string of the molecule is COc1cc(N2CCN(C(=O)CC[C@@]3(C)NC4OC4NC3=O)C[C@@H]2C)cc(Cl)c1F. The Kier molecular flexibility index (Phi) is 5.54. The molecule has 1 aromatic rings. The Labute approximate surface area is 179 Å². The highest BCUT2D eigenvalue weighted by molar-refractivity contribution is 6.31. The molecule has 2 amide bonds. The van der Waals surface area contributed by atoms with Crippen LogP contribution in [0.15, 0.2) is 12.1 Å². The monoisotopic (exact) mass is 440 g/mol. The third-order valence-corrected chi connectivity index (χ3v) is 6.35. The van der Waals surface area contributed by atoms with Crippen LogP contribution in [0, 0.1) is 5.82 Å². The van der Waals surface area contributed by atoms with Crippen LogP contribution in [0.2, 0.25) is 5.02 Å². The highest BCUT2D eigenvalue weighted by atomic mass is 35.5. The van der Waals surface area contributed by atoms with Crippen molar-refractivity contribution >= 4 is 29.1 Å². The number of epoxide rings is 1. The molecule has 4 rings (SSSR count). The number of nitrogens with one attached hydrogen (secondary N) is 2. The third kappa shape index (κ3) is 3.93. The minimum absolute atomic E-state index is 0.00318. The Hall–Kier alpha value is -2.10. The van der Waals surface area contributed by atoms with Gasteiger partial charge in [-0.2, -0.15) is 0 Å². The first-order valence-corrected chi connectivity index (χ1v) is 10.4.